The minimum atomic E-state index is 0.306. The van der Waals surface area contributed by atoms with Gasteiger partial charge in [0.1, 0.15) is 11.5 Å². The molecule has 102 valence electrons. The average Bonchev–Trinajstić information content (AvgIpc) is 2.49. The Labute approximate surface area is 117 Å². The van der Waals surface area contributed by atoms with Gasteiger partial charge in [0.15, 0.2) is 0 Å². The van der Waals surface area contributed by atoms with Gasteiger partial charge in [0, 0.05) is 36.2 Å². The molecule has 0 aliphatic heterocycles. The van der Waals surface area contributed by atoms with Crippen LogP contribution in [0.25, 0.3) is 0 Å². The third-order valence-electron chi connectivity index (χ3n) is 2.67. The first kappa shape index (κ1) is 13.7. The number of rotatable bonds is 6. The SMILES string of the molecule is COc1ccc(Oc2ccc(C(=N)CC=N)cn2)cc1. The molecule has 0 fully saturated rings. The highest BCUT2D eigenvalue weighted by molar-refractivity contribution is 6.04. The molecule has 0 bridgehead atoms. The molecule has 0 aliphatic carbocycles. The molecule has 1 aromatic heterocycles. The molecule has 2 aromatic rings. The van der Waals surface area contributed by atoms with E-state index in [9.17, 15) is 0 Å². The summed E-state index contributed by atoms with van der Waals surface area (Å²) < 4.78 is 10.7. The molecule has 0 aliphatic rings. The van der Waals surface area contributed by atoms with Crippen LogP contribution in [0.2, 0.25) is 0 Å². The van der Waals surface area contributed by atoms with E-state index in [1.54, 1.807) is 37.6 Å². The first-order valence-electron chi connectivity index (χ1n) is 6.07. The second-order valence-corrected chi connectivity index (χ2v) is 4.05. The molecule has 1 aromatic carbocycles. The van der Waals surface area contributed by atoms with Gasteiger partial charge in [0.25, 0.3) is 0 Å². The van der Waals surface area contributed by atoms with Crippen LogP contribution in [0, 0.1) is 10.8 Å². The van der Waals surface area contributed by atoms with Crippen molar-refractivity contribution in [2.24, 2.45) is 0 Å². The zero-order valence-electron chi connectivity index (χ0n) is 11.1. The van der Waals surface area contributed by atoms with Crippen molar-refractivity contribution < 1.29 is 9.47 Å². The van der Waals surface area contributed by atoms with E-state index in [4.69, 9.17) is 20.3 Å². The maximum absolute atomic E-state index is 7.72. The Hall–Kier alpha value is -2.69. The summed E-state index contributed by atoms with van der Waals surface area (Å²) in [4.78, 5) is 4.15. The number of hydrogen-bond donors (Lipinski definition) is 2. The van der Waals surface area contributed by atoms with Crippen LogP contribution in [0.15, 0.2) is 42.6 Å². The van der Waals surface area contributed by atoms with Crippen molar-refractivity contribution in [1.82, 2.24) is 4.98 Å². The summed E-state index contributed by atoms with van der Waals surface area (Å²) in [5.74, 6) is 1.89. The lowest BCUT2D eigenvalue weighted by atomic mass is 10.1. The van der Waals surface area contributed by atoms with Gasteiger partial charge >= 0.3 is 0 Å². The van der Waals surface area contributed by atoms with E-state index in [1.165, 1.54) is 6.21 Å². The minimum Gasteiger partial charge on any atom is -0.497 e. The quantitative estimate of drug-likeness (QED) is 0.790. The lowest BCUT2D eigenvalue weighted by Crippen LogP contribution is -2.00. The number of pyridine rings is 1. The minimum absolute atomic E-state index is 0.306. The van der Waals surface area contributed by atoms with Crippen LogP contribution in [0.4, 0.5) is 0 Å². The largest absolute Gasteiger partial charge is 0.497 e. The topological polar surface area (TPSA) is 79.0 Å². The van der Waals surface area contributed by atoms with E-state index in [0.717, 1.165) is 5.75 Å². The molecule has 0 atom stereocenters. The summed E-state index contributed by atoms with van der Waals surface area (Å²) in [6.07, 6.45) is 3.08. The summed E-state index contributed by atoms with van der Waals surface area (Å²) in [5.41, 5.74) is 1.05. The third-order valence-corrected chi connectivity index (χ3v) is 2.67. The fourth-order valence-electron chi connectivity index (χ4n) is 1.60. The first-order valence-corrected chi connectivity index (χ1v) is 6.07. The molecule has 0 saturated carbocycles. The molecular formula is C15H15N3O2. The number of nitrogens with zero attached hydrogens (tertiary/aromatic N) is 1. The van der Waals surface area contributed by atoms with Gasteiger partial charge in [-0.3, -0.25) is 0 Å². The molecule has 5 nitrogen and oxygen atoms in total. The van der Waals surface area contributed by atoms with E-state index in [-0.39, 0.29) is 0 Å². The molecule has 0 saturated heterocycles. The highest BCUT2D eigenvalue weighted by Gasteiger charge is 2.03. The van der Waals surface area contributed by atoms with Crippen LogP contribution < -0.4 is 9.47 Å². The van der Waals surface area contributed by atoms with E-state index in [0.29, 0.717) is 29.3 Å². The Morgan fingerprint density at radius 2 is 1.85 bits per heavy atom. The standard InChI is InChI=1S/C15H15N3O2/c1-19-12-3-5-13(6-4-12)20-15-7-2-11(10-18-15)14(17)8-9-16/h2-7,9-10,16-17H,8H2,1H3. The van der Waals surface area contributed by atoms with E-state index < -0.39 is 0 Å². The van der Waals surface area contributed by atoms with E-state index >= 15 is 0 Å². The molecule has 2 N–H and O–H groups in total. The van der Waals surface area contributed by atoms with Gasteiger partial charge in [-0.15, -0.1) is 0 Å². The highest BCUT2D eigenvalue weighted by Crippen LogP contribution is 2.22. The fourth-order valence-corrected chi connectivity index (χ4v) is 1.60. The zero-order valence-corrected chi connectivity index (χ0v) is 11.1. The van der Waals surface area contributed by atoms with Crippen molar-refractivity contribution in [3.63, 3.8) is 0 Å². The Morgan fingerprint density at radius 3 is 2.40 bits per heavy atom. The molecule has 5 heteroatoms. The summed E-state index contributed by atoms with van der Waals surface area (Å²) in [6, 6.07) is 10.7. The lowest BCUT2D eigenvalue weighted by Gasteiger charge is -2.06. The number of ether oxygens (including phenoxy) is 2. The van der Waals surface area contributed by atoms with Gasteiger partial charge < -0.3 is 20.3 Å². The van der Waals surface area contributed by atoms with Crippen LogP contribution in [0.1, 0.15) is 12.0 Å². The smallest absolute Gasteiger partial charge is 0.219 e. The van der Waals surface area contributed by atoms with Gasteiger partial charge in [-0.25, -0.2) is 4.98 Å². The predicted molar refractivity (Wildman–Crippen MR) is 77.5 cm³/mol. The van der Waals surface area contributed by atoms with Gasteiger partial charge in [-0.1, -0.05) is 0 Å². The van der Waals surface area contributed by atoms with Crippen molar-refractivity contribution in [3.8, 4) is 17.4 Å². The van der Waals surface area contributed by atoms with Crippen molar-refractivity contribution in [2.75, 3.05) is 7.11 Å². The highest BCUT2D eigenvalue weighted by atomic mass is 16.5. The van der Waals surface area contributed by atoms with E-state index in [2.05, 4.69) is 4.98 Å². The van der Waals surface area contributed by atoms with Crippen LogP contribution in [0.5, 0.6) is 17.4 Å². The van der Waals surface area contributed by atoms with Crippen LogP contribution >= 0.6 is 0 Å². The Morgan fingerprint density at radius 1 is 1.15 bits per heavy atom. The van der Waals surface area contributed by atoms with Crippen molar-refractivity contribution in [1.29, 1.82) is 10.8 Å². The van der Waals surface area contributed by atoms with Gasteiger partial charge in [-0.05, 0) is 30.3 Å². The van der Waals surface area contributed by atoms with Gasteiger partial charge in [0.05, 0.1) is 7.11 Å². The second-order valence-electron chi connectivity index (χ2n) is 4.05. The Bertz CT molecular complexity index is 592. The maximum atomic E-state index is 7.72. The Kier molecular flexibility index (Phi) is 4.44. The number of aromatic nitrogens is 1. The summed E-state index contributed by atoms with van der Waals surface area (Å²) in [7, 11) is 1.61. The first-order chi connectivity index (χ1) is 9.72. The number of methoxy groups -OCH3 is 1. The summed E-state index contributed by atoms with van der Waals surface area (Å²) >= 11 is 0. The maximum Gasteiger partial charge on any atom is 0.219 e. The van der Waals surface area contributed by atoms with Gasteiger partial charge in [0.2, 0.25) is 5.88 Å². The molecule has 0 amide bonds. The molecule has 0 spiro atoms. The molecule has 0 unspecified atom stereocenters. The van der Waals surface area contributed by atoms with Gasteiger partial charge in [-0.2, -0.15) is 0 Å². The normalized spacial score (nSPS) is 9.85. The number of hydrogen-bond acceptors (Lipinski definition) is 5. The molecular weight excluding hydrogens is 254 g/mol. The lowest BCUT2D eigenvalue weighted by molar-refractivity contribution is 0.412. The van der Waals surface area contributed by atoms with Crippen molar-refractivity contribution >= 4 is 11.9 Å². The van der Waals surface area contributed by atoms with Crippen molar-refractivity contribution in [3.05, 3.63) is 48.2 Å². The fraction of sp³-hybridized carbons (Fsp3) is 0.133. The average molecular weight is 269 g/mol. The predicted octanol–water partition coefficient (Wildman–Crippen LogP) is 3.29. The zero-order chi connectivity index (χ0) is 14.4. The number of nitrogens with one attached hydrogen (secondary N) is 2. The van der Waals surface area contributed by atoms with E-state index in [1.807, 2.05) is 12.1 Å². The molecule has 0 radical (unpaired) electrons. The summed E-state index contributed by atoms with van der Waals surface area (Å²) in [5, 5.41) is 14.7. The van der Waals surface area contributed by atoms with Crippen molar-refractivity contribution in [2.45, 2.75) is 6.42 Å². The Balaban J connectivity index is 2.06. The second kappa shape index (κ2) is 6.47. The van der Waals surface area contributed by atoms with Crippen LogP contribution in [-0.4, -0.2) is 24.0 Å². The monoisotopic (exact) mass is 269 g/mol. The summed E-state index contributed by atoms with van der Waals surface area (Å²) in [6.45, 7) is 0. The molecule has 1 heterocycles. The third kappa shape index (κ3) is 3.41. The van der Waals surface area contributed by atoms with Crippen LogP contribution in [0.3, 0.4) is 0 Å². The number of benzene rings is 1. The molecule has 20 heavy (non-hydrogen) atoms. The van der Waals surface area contributed by atoms with Crippen LogP contribution in [-0.2, 0) is 0 Å². The molecule has 2 rings (SSSR count).